The van der Waals surface area contributed by atoms with E-state index in [4.69, 9.17) is 5.11 Å². The summed E-state index contributed by atoms with van der Waals surface area (Å²) in [6.07, 6.45) is 4.97. The number of nitrogens with one attached hydrogen (secondary N) is 1. The molecule has 0 aliphatic rings. The summed E-state index contributed by atoms with van der Waals surface area (Å²) in [7, 11) is 0. The van der Waals surface area contributed by atoms with Crippen LogP contribution in [-0.4, -0.2) is 43.5 Å². The van der Waals surface area contributed by atoms with E-state index in [-0.39, 0.29) is 41.7 Å². The Morgan fingerprint density at radius 3 is 2.77 bits per heavy atom. The molecule has 116 valence electrons. The third-order valence-corrected chi connectivity index (χ3v) is 2.92. The molecular weight excluding hydrogens is 326 g/mol. The van der Waals surface area contributed by atoms with E-state index in [1.807, 2.05) is 0 Å². The molecule has 4 N–H and O–H groups in total. The first-order valence-corrected chi connectivity index (χ1v) is 6.29. The van der Waals surface area contributed by atoms with Gasteiger partial charge in [-0.05, 0) is 11.6 Å². The van der Waals surface area contributed by atoms with Crippen molar-refractivity contribution < 1.29 is 37.5 Å². The Morgan fingerprint density at radius 1 is 1.41 bits per heavy atom. The number of aromatic hydroxyl groups is 2. The molecule has 1 atom stereocenters. The van der Waals surface area contributed by atoms with Crippen LogP contribution >= 0.6 is 0 Å². The number of imidazole rings is 1. The third kappa shape index (κ3) is 4.91. The predicted molar refractivity (Wildman–Crippen MR) is 75.7 cm³/mol. The summed E-state index contributed by atoms with van der Waals surface area (Å²) in [5.74, 6) is -1.12. The van der Waals surface area contributed by atoms with E-state index in [0.717, 1.165) is 0 Å². The van der Waals surface area contributed by atoms with Gasteiger partial charge >= 0.3 is 5.97 Å². The van der Waals surface area contributed by atoms with Crippen molar-refractivity contribution in [3.05, 3.63) is 42.0 Å². The molecule has 0 fully saturated rings. The Kier molecular flexibility index (Phi) is 6.63. The average Bonchev–Trinajstić information content (AvgIpc) is 2.92. The first-order valence-electron chi connectivity index (χ1n) is 6.29. The fraction of sp³-hybridized carbons (Fsp3) is 0.214. The van der Waals surface area contributed by atoms with E-state index in [1.165, 1.54) is 24.7 Å². The molecule has 0 saturated heterocycles. The maximum Gasteiger partial charge on any atom is 0.328 e. The Bertz CT molecular complexity index is 644. The molecule has 2 aromatic rings. The quantitative estimate of drug-likeness (QED) is 0.587. The summed E-state index contributed by atoms with van der Waals surface area (Å²) in [6.45, 7) is 0. The van der Waals surface area contributed by atoms with Crippen molar-refractivity contribution >= 4 is 12.2 Å². The number of phenols is 2. The van der Waals surface area contributed by atoms with Gasteiger partial charge in [-0.2, -0.15) is 0 Å². The van der Waals surface area contributed by atoms with E-state index in [1.54, 1.807) is 12.3 Å². The maximum absolute atomic E-state index is 11.1. The summed E-state index contributed by atoms with van der Waals surface area (Å²) in [5, 5.41) is 27.9. The summed E-state index contributed by atoms with van der Waals surface area (Å²) in [5.41, 5.74) is 1.24. The van der Waals surface area contributed by atoms with Crippen LogP contribution in [0, 0.1) is 0 Å². The largest absolute Gasteiger partial charge is 0.508 e. The number of H-pyrrole nitrogens is 1. The number of carboxylic acid groups (broad SMARTS) is 1. The Balaban J connectivity index is 0.00000242. The van der Waals surface area contributed by atoms with E-state index in [2.05, 4.69) is 15.0 Å². The third-order valence-electron chi connectivity index (χ3n) is 2.92. The standard InChI is InChI=1S/C14H15N3O4.Cr/c18-11-2-1-9(13(19)6-11)3-4-16-12(14(20)21)5-10-7-15-8-17-10;/h1-2,4,6-8,12,18-19H,3,5H2,(H,15,17)(H,20,21);/t12-;/m0./s1. The number of aliphatic carboxylic acids is 1. The molecule has 0 bridgehead atoms. The molecule has 0 radical (unpaired) electrons. The van der Waals surface area contributed by atoms with Crippen LogP contribution in [0.3, 0.4) is 0 Å². The van der Waals surface area contributed by atoms with Crippen molar-refractivity contribution in [1.82, 2.24) is 9.97 Å². The zero-order valence-electron chi connectivity index (χ0n) is 11.5. The van der Waals surface area contributed by atoms with Gasteiger partial charge in [-0.15, -0.1) is 0 Å². The minimum atomic E-state index is -1.03. The van der Waals surface area contributed by atoms with Crippen LogP contribution in [0.1, 0.15) is 11.3 Å². The number of rotatable bonds is 6. The maximum atomic E-state index is 11.1. The second kappa shape index (κ2) is 8.22. The molecule has 0 aliphatic heterocycles. The summed E-state index contributed by atoms with van der Waals surface area (Å²) >= 11 is 0. The second-order valence-electron chi connectivity index (χ2n) is 4.48. The van der Waals surface area contributed by atoms with Crippen LogP contribution in [0.25, 0.3) is 0 Å². The second-order valence-corrected chi connectivity index (χ2v) is 4.48. The number of aliphatic imine (C=N–C) groups is 1. The number of aromatic amines is 1. The van der Waals surface area contributed by atoms with E-state index in [9.17, 15) is 15.0 Å². The molecule has 1 heterocycles. The molecule has 8 heteroatoms. The first kappa shape index (κ1) is 17.8. The Labute approximate surface area is 137 Å². The smallest absolute Gasteiger partial charge is 0.328 e. The van der Waals surface area contributed by atoms with E-state index >= 15 is 0 Å². The number of nitrogens with zero attached hydrogens (tertiary/aromatic N) is 2. The average molecular weight is 341 g/mol. The molecular formula is C14H15CrN3O4. The molecule has 0 spiro atoms. The fourth-order valence-electron chi connectivity index (χ4n) is 1.81. The zero-order valence-corrected chi connectivity index (χ0v) is 12.8. The van der Waals surface area contributed by atoms with E-state index in [0.29, 0.717) is 11.3 Å². The number of carboxylic acids is 1. The van der Waals surface area contributed by atoms with Gasteiger partial charge in [0.2, 0.25) is 0 Å². The topological polar surface area (TPSA) is 119 Å². The first-order chi connectivity index (χ1) is 10.1. The molecule has 0 amide bonds. The summed E-state index contributed by atoms with van der Waals surface area (Å²) in [6, 6.07) is 3.32. The molecule has 0 unspecified atom stereocenters. The van der Waals surface area contributed by atoms with Gasteiger partial charge in [0.25, 0.3) is 0 Å². The molecule has 0 saturated carbocycles. The van der Waals surface area contributed by atoms with Crippen molar-refractivity contribution in [2.24, 2.45) is 4.99 Å². The van der Waals surface area contributed by atoms with Gasteiger partial charge in [0.15, 0.2) is 6.04 Å². The molecule has 1 aromatic carbocycles. The predicted octanol–water partition coefficient (Wildman–Crippen LogP) is 1.13. The molecule has 22 heavy (non-hydrogen) atoms. The number of benzene rings is 1. The van der Waals surface area contributed by atoms with Gasteiger partial charge in [-0.3, -0.25) is 4.99 Å². The van der Waals surface area contributed by atoms with Crippen LogP contribution in [0.5, 0.6) is 11.5 Å². The minimum absolute atomic E-state index is 0. The van der Waals surface area contributed by atoms with Crippen molar-refractivity contribution in [3.63, 3.8) is 0 Å². The van der Waals surface area contributed by atoms with Gasteiger partial charge in [0.05, 0.1) is 6.33 Å². The van der Waals surface area contributed by atoms with Gasteiger partial charge in [0.1, 0.15) is 11.5 Å². The van der Waals surface area contributed by atoms with Crippen LogP contribution < -0.4 is 0 Å². The summed E-state index contributed by atoms with van der Waals surface area (Å²) < 4.78 is 0. The van der Waals surface area contributed by atoms with Crippen molar-refractivity contribution in [1.29, 1.82) is 0 Å². The number of hydrogen-bond donors (Lipinski definition) is 4. The minimum Gasteiger partial charge on any atom is -0.508 e. The Hall–Kier alpha value is -2.30. The van der Waals surface area contributed by atoms with Gasteiger partial charge in [-0.1, -0.05) is 6.07 Å². The fourth-order valence-corrected chi connectivity index (χ4v) is 1.81. The number of carbonyl (C=O) groups is 1. The van der Waals surface area contributed by atoms with Crippen molar-refractivity contribution in [3.8, 4) is 11.5 Å². The van der Waals surface area contributed by atoms with Crippen LogP contribution in [0.4, 0.5) is 0 Å². The van der Waals surface area contributed by atoms with E-state index < -0.39 is 12.0 Å². The molecule has 0 aliphatic carbocycles. The van der Waals surface area contributed by atoms with Gasteiger partial charge < -0.3 is 20.3 Å². The monoisotopic (exact) mass is 341 g/mol. The van der Waals surface area contributed by atoms with Crippen molar-refractivity contribution in [2.45, 2.75) is 18.9 Å². The van der Waals surface area contributed by atoms with Crippen LogP contribution in [0.2, 0.25) is 0 Å². The van der Waals surface area contributed by atoms with Gasteiger partial charge in [0, 0.05) is 54.4 Å². The van der Waals surface area contributed by atoms with Crippen LogP contribution in [-0.2, 0) is 35.0 Å². The SMILES string of the molecule is O=C(O)[C@H](Cc1cnc[nH]1)N=CCc1ccc(O)cc1O.[Cr]. The Morgan fingerprint density at radius 2 is 2.18 bits per heavy atom. The van der Waals surface area contributed by atoms with Crippen LogP contribution in [0.15, 0.2) is 35.7 Å². The number of phenolic OH excluding ortho intramolecular Hbond substituents is 2. The van der Waals surface area contributed by atoms with Crippen molar-refractivity contribution in [2.75, 3.05) is 0 Å². The number of hydrogen-bond acceptors (Lipinski definition) is 5. The number of aromatic nitrogens is 2. The van der Waals surface area contributed by atoms with Gasteiger partial charge in [-0.25, -0.2) is 9.78 Å². The molecule has 2 rings (SSSR count). The normalized spacial score (nSPS) is 12.0. The summed E-state index contributed by atoms with van der Waals surface area (Å²) in [4.78, 5) is 21.8. The molecule has 1 aromatic heterocycles. The molecule has 7 nitrogen and oxygen atoms in total. The zero-order chi connectivity index (χ0) is 15.2.